The molecule has 0 aliphatic heterocycles. The zero-order chi connectivity index (χ0) is 18.6. The fourth-order valence-electron chi connectivity index (χ4n) is 3.04. The first-order chi connectivity index (χ1) is 13.2. The Morgan fingerprint density at radius 1 is 1.07 bits per heavy atom. The Kier molecular flexibility index (Phi) is 4.94. The molecule has 0 unspecified atom stereocenters. The van der Waals surface area contributed by atoms with Crippen molar-refractivity contribution < 1.29 is 4.79 Å². The monoisotopic (exact) mass is 373 g/mol. The minimum absolute atomic E-state index is 0.138. The minimum Gasteiger partial charge on any atom is -0.350 e. The molecule has 0 aliphatic rings. The first-order valence-corrected chi connectivity index (χ1v) is 9.72. The van der Waals surface area contributed by atoms with Crippen LogP contribution in [0.25, 0.3) is 22.0 Å². The molecule has 0 saturated carbocycles. The normalized spacial score (nSPS) is 10.9. The van der Waals surface area contributed by atoms with Gasteiger partial charge in [0.1, 0.15) is 5.69 Å². The molecule has 0 fully saturated rings. The van der Waals surface area contributed by atoms with E-state index in [1.54, 1.807) is 17.5 Å². The first kappa shape index (κ1) is 17.4. The number of amides is 1. The summed E-state index contributed by atoms with van der Waals surface area (Å²) < 4.78 is 0. The zero-order valence-electron chi connectivity index (χ0n) is 15.0. The van der Waals surface area contributed by atoms with Crippen molar-refractivity contribution in [3.8, 4) is 11.3 Å². The van der Waals surface area contributed by atoms with Crippen LogP contribution in [0.5, 0.6) is 0 Å². The summed E-state index contributed by atoms with van der Waals surface area (Å²) in [7, 11) is 0. The summed E-state index contributed by atoms with van der Waals surface area (Å²) in [6.45, 7) is 2.58. The third-order valence-corrected chi connectivity index (χ3v) is 5.23. The fourth-order valence-corrected chi connectivity index (χ4v) is 3.66. The van der Waals surface area contributed by atoms with Crippen molar-refractivity contribution in [2.45, 2.75) is 13.3 Å². The molecule has 0 bridgehead atoms. The highest BCUT2D eigenvalue weighted by atomic mass is 32.1. The number of pyridine rings is 1. The van der Waals surface area contributed by atoms with Crippen LogP contribution in [-0.2, 0) is 6.42 Å². The van der Waals surface area contributed by atoms with Crippen LogP contribution in [0.15, 0.2) is 66.2 Å². The highest BCUT2D eigenvalue weighted by Gasteiger charge is 2.10. The third kappa shape index (κ3) is 3.88. The molecule has 0 saturated heterocycles. The molecular weight excluding hydrogens is 354 g/mol. The number of nitrogens with zero attached hydrogens (tertiary/aromatic N) is 2. The molecule has 2 aromatic heterocycles. The molecule has 4 nitrogen and oxygen atoms in total. The van der Waals surface area contributed by atoms with Crippen molar-refractivity contribution in [2.24, 2.45) is 0 Å². The lowest BCUT2D eigenvalue weighted by Crippen LogP contribution is -2.26. The van der Waals surface area contributed by atoms with E-state index in [4.69, 9.17) is 0 Å². The van der Waals surface area contributed by atoms with Crippen molar-refractivity contribution in [3.63, 3.8) is 0 Å². The van der Waals surface area contributed by atoms with Crippen LogP contribution < -0.4 is 5.32 Å². The molecule has 0 spiro atoms. The lowest BCUT2D eigenvalue weighted by atomic mass is 10.1. The van der Waals surface area contributed by atoms with Crippen LogP contribution in [0.1, 0.15) is 21.1 Å². The molecule has 27 heavy (non-hydrogen) atoms. The Balaban J connectivity index is 1.38. The SMILES string of the molecule is Cc1nc(-c2ccc(CCNC(=O)c3nccc4ccccc34)cc2)cs1. The van der Waals surface area contributed by atoms with Crippen molar-refractivity contribution in [1.82, 2.24) is 15.3 Å². The van der Waals surface area contributed by atoms with Gasteiger partial charge in [0, 0.05) is 29.1 Å². The third-order valence-electron chi connectivity index (χ3n) is 4.46. The van der Waals surface area contributed by atoms with Gasteiger partial charge in [-0.05, 0) is 30.4 Å². The van der Waals surface area contributed by atoms with Gasteiger partial charge in [-0.15, -0.1) is 11.3 Å². The van der Waals surface area contributed by atoms with Crippen LogP contribution in [0.4, 0.5) is 0 Å². The number of hydrogen-bond donors (Lipinski definition) is 1. The Morgan fingerprint density at radius 3 is 2.67 bits per heavy atom. The highest BCUT2D eigenvalue weighted by molar-refractivity contribution is 7.09. The molecule has 134 valence electrons. The molecule has 0 atom stereocenters. The predicted molar refractivity (Wildman–Crippen MR) is 110 cm³/mol. The van der Waals surface area contributed by atoms with Crippen LogP contribution >= 0.6 is 11.3 Å². The van der Waals surface area contributed by atoms with E-state index in [1.165, 1.54) is 5.56 Å². The van der Waals surface area contributed by atoms with Gasteiger partial charge in [-0.2, -0.15) is 0 Å². The highest BCUT2D eigenvalue weighted by Crippen LogP contribution is 2.22. The van der Waals surface area contributed by atoms with Gasteiger partial charge in [-0.25, -0.2) is 4.98 Å². The second-order valence-corrected chi connectivity index (χ2v) is 7.40. The smallest absolute Gasteiger partial charge is 0.270 e. The van der Waals surface area contributed by atoms with Gasteiger partial charge in [0.2, 0.25) is 0 Å². The van der Waals surface area contributed by atoms with Crippen LogP contribution in [0.3, 0.4) is 0 Å². The number of nitrogens with one attached hydrogen (secondary N) is 1. The van der Waals surface area contributed by atoms with E-state index in [9.17, 15) is 4.79 Å². The van der Waals surface area contributed by atoms with E-state index in [0.29, 0.717) is 12.2 Å². The molecule has 0 aliphatic carbocycles. The number of hydrogen-bond acceptors (Lipinski definition) is 4. The second kappa shape index (κ2) is 7.68. The van der Waals surface area contributed by atoms with Crippen LogP contribution in [0, 0.1) is 6.92 Å². The Hall–Kier alpha value is -3.05. The number of aromatic nitrogens is 2. The van der Waals surface area contributed by atoms with Crippen LogP contribution in [0.2, 0.25) is 0 Å². The van der Waals surface area contributed by atoms with E-state index < -0.39 is 0 Å². The minimum atomic E-state index is -0.138. The summed E-state index contributed by atoms with van der Waals surface area (Å²) in [6.07, 6.45) is 2.45. The fraction of sp³-hybridized carbons (Fsp3) is 0.136. The second-order valence-electron chi connectivity index (χ2n) is 6.34. The molecule has 2 aromatic carbocycles. The van der Waals surface area contributed by atoms with Gasteiger partial charge in [0.15, 0.2) is 0 Å². The van der Waals surface area contributed by atoms with Gasteiger partial charge >= 0.3 is 0 Å². The average molecular weight is 373 g/mol. The number of carbonyl (C=O) groups is 1. The largest absolute Gasteiger partial charge is 0.350 e. The molecule has 2 heterocycles. The summed E-state index contributed by atoms with van der Waals surface area (Å²) in [4.78, 5) is 21.3. The lowest BCUT2D eigenvalue weighted by Gasteiger charge is -2.08. The topological polar surface area (TPSA) is 54.9 Å². The molecule has 1 N–H and O–H groups in total. The predicted octanol–water partition coefficient (Wildman–Crippen LogP) is 4.64. The van der Waals surface area contributed by atoms with E-state index in [0.717, 1.165) is 33.5 Å². The number of rotatable bonds is 5. The number of fused-ring (bicyclic) bond motifs is 1. The molecular formula is C22H19N3OS. The Bertz CT molecular complexity index is 1080. The van der Waals surface area contributed by atoms with Crippen molar-refractivity contribution in [3.05, 3.63) is 82.4 Å². The van der Waals surface area contributed by atoms with Crippen LogP contribution in [-0.4, -0.2) is 22.4 Å². The Morgan fingerprint density at radius 2 is 1.89 bits per heavy atom. The number of benzene rings is 2. The number of aryl methyl sites for hydroxylation is 1. The van der Waals surface area contributed by atoms with E-state index in [-0.39, 0.29) is 5.91 Å². The average Bonchev–Trinajstić information content (AvgIpc) is 3.14. The summed E-state index contributed by atoms with van der Waals surface area (Å²) in [5, 5.41) is 8.01. The summed E-state index contributed by atoms with van der Waals surface area (Å²) in [5.74, 6) is -0.138. The van der Waals surface area contributed by atoms with Gasteiger partial charge in [-0.1, -0.05) is 48.5 Å². The quantitative estimate of drug-likeness (QED) is 0.554. The molecule has 1 amide bonds. The maximum atomic E-state index is 12.5. The summed E-state index contributed by atoms with van der Waals surface area (Å²) in [5.41, 5.74) is 3.78. The van der Waals surface area contributed by atoms with Crippen molar-refractivity contribution in [1.29, 1.82) is 0 Å². The Labute approximate surface area is 161 Å². The maximum absolute atomic E-state index is 12.5. The molecule has 0 radical (unpaired) electrons. The van der Waals surface area contributed by atoms with Crippen molar-refractivity contribution in [2.75, 3.05) is 6.54 Å². The molecule has 4 rings (SSSR count). The summed E-state index contributed by atoms with van der Waals surface area (Å²) in [6, 6.07) is 18.0. The zero-order valence-corrected chi connectivity index (χ0v) is 15.8. The van der Waals surface area contributed by atoms with Crippen molar-refractivity contribution >= 4 is 28.0 Å². The molecule has 5 heteroatoms. The molecule has 4 aromatic rings. The van der Waals surface area contributed by atoms with Gasteiger partial charge in [0.25, 0.3) is 5.91 Å². The van der Waals surface area contributed by atoms with E-state index in [1.807, 2.05) is 37.3 Å². The maximum Gasteiger partial charge on any atom is 0.270 e. The van der Waals surface area contributed by atoms with Gasteiger partial charge < -0.3 is 5.32 Å². The standard InChI is InChI=1S/C22H19N3OS/c1-15-25-20(14-27-15)18-8-6-16(7-9-18)10-12-24-22(26)21-19-5-3-2-4-17(19)11-13-23-21/h2-9,11,13-14H,10,12H2,1H3,(H,24,26). The lowest BCUT2D eigenvalue weighted by molar-refractivity contribution is 0.0951. The summed E-state index contributed by atoms with van der Waals surface area (Å²) >= 11 is 1.65. The first-order valence-electron chi connectivity index (χ1n) is 8.84. The number of carbonyl (C=O) groups excluding carboxylic acids is 1. The van der Waals surface area contributed by atoms with Gasteiger partial charge in [0.05, 0.1) is 10.7 Å². The van der Waals surface area contributed by atoms with Gasteiger partial charge in [-0.3, -0.25) is 9.78 Å². The van der Waals surface area contributed by atoms with E-state index in [2.05, 4.69) is 44.9 Å². The van der Waals surface area contributed by atoms with E-state index >= 15 is 0 Å². The number of thiazole rings is 1.